The van der Waals surface area contributed by atoms with Gasteiger partial charge in [0.15, 0.2) is 10.8 Å². The minimum atomic E-state index is -0.584. The third-order valence-electron chi connectivity index (χ3n) is 4.69. The van der Waals surface area contributed by atoms with Crippen molar-refractivity contribution in [3.63, 3.8) is 0 Å². The molecule has 1 aromatic carbocycles. The predicted molar refractivity (Wildman–Crippen MR) is 117 cm³/mol. The zero-order valence-corrected chi connectivity index (χ0v) is 17.5. The first-order chi connectivity index (χ1) is 14.3. The lowest BCUT2D eigenvalue weighted by atomic mass is 10.0. The lowest BCUT2D eigenvalue weighted by Gasteiger charge is -2.11. The second kappa shape index (κ2) is 7.68. The quantitative estimate of drug-likeness (QED) is 0.509. The van der Waals surface area contributed by atoms with Crippen LogP contribution in [0.2, 0.25) is 0 Å². The molecule has 9 heteroatoms. The van der Waals surface area contributed by atoms with E-state index in [0.717, 1.165) is 22.5 Å². The average Bonchev–Trinajstić information content (AvgIpc) is 3.34. The van der Waals surface area contributed by atoms with Gasteiger partial charge < -0.3 is 5.73 Å². The number of aromatic nitrogens is 4. The van der Waals surface area contributed by atoms with Gasteiger partial charge in [-0.05, 0) is 32.4 Å². The highest BCUT2D eigenvalue weighted by Crippen LogP contribution is 2.29. The first kappa shape index (κ1) is 19.7. The van der Waals surface area contributed by atoms with Gasteiger partial charge >= 0.3 is 0 Å². The van der Waals surface area contributed by atoms with E-state index >= 15 is 0 Å². The molecular weight excluding hydrogens is 400 g/mol. The Labute approximate surface area is 176 Å². The van der Waals surface area contributed by atoms with Gasteiger partial charge in [-0.1, -0.05) is 35.6 Å². The van der Waals surface area contributed by atoms with Crippen molar-refractivity contribution in [1.29, 1.82) is 0 Å². The van der Waals surface area contributed by atoms with Crippen molar-refractivity contribution in [1.82, 2.24) is 19.7 Å². The second-order valence-corrected chi connectivity index (χ2v) is 8.17. The van der Waals surface area contributed by atoms with E-state index < -0.39 is 5.91 Å². The Bertz CT molecular complexity index is 1270. The summed E-state index contributed by atoms with van der Waals surface area (Å²) in [6.45, 7) is 6.02. The fraction of sp³-hybridized carbons (Fsp3) is 0.190. The van der Waals surface area contributed by atoms with Crippen molar-refractivity contribution < 1.29 is 9.59 Å². The Morgan fingerprint density at radius 2 is 1.97 bits per heavy atom. The highest BCUT2D eigenvalue weighted by molar-refractivity contribution is 7.17. The zero-order valence-electron chi connectivity index (χ0n) is 16.7. The number of anilines is 1. The molecule has 0 saturated carbocycles. The van der Waals surface area contributed by atoms with E-state index in [1.807, 2.05) is 45.0 Å². The number of pyridine rings is 1. The number of amides is 2. The molecule has 0 fully saturated rings. The first-order valence-electron chi connectivity index (χ1n) is 9.36. The number of carbonyl (C=O) groups excluding carboxylic acids is 2. The molecular formula is C21H20N6O2S. The lowest BCUT2D eigenvalue weighted by molar-refractivity contribution is 0.100. The molecule has 0 aliphatic heterocycles. The van der Waals surface area contributed by atoms with Crippen molar-refractivity contribution in [2.45, 2.75) is 26.8 Å². The molecule has 0 aliphatic rings. The van der Waals surface area contributed by atoms with Crippen LogP contribution in [0, 0.1) is 6.92 Å². The normalized spacial score (nSPS) is 11.2. The molecule has 0 saturated heterocycles. The largest absolute Gasteiger partial charge is 0.365 e. The van der Waals surface area contributed by atoms with Crippen LogP contribution >= 0.6 is 11.3 Å². The van der Waals surface area contributed by atoms with Crippen LogP contribution in [0.4, 0.5) is 5.13 Å². The summed E-state index contributed by atoms with van der Waals surface area (Å²) in [5.41, 5.74) is 9.01. The molecule has 4 rings (SSSR count). The van der Waals surface area contributed by atoms with Crippen LogP contribution in [0.3, 0.4) is 0 Å². The summed E-state index contributed by atoms with van der Waals surface area (Å²) in [6.07, 6.45) is 3.00. The summed E-state index contributed by atoms with van der Waals surface area (Å²) in [5, 5.41) is 8.12. The molecule has 0 spiro atoms. The standard InChI is InChI=1S/C21H20N6O2S/c1-11(2)27-19-15(9-24-27)14(8-16(25-19)13-7-5-4-6-12(13)3)20(29)26-21-23-10-17(30-21)18(22)28/h4-11H,1-3H3,(H2,22,28)(H,23,26,29). The maximum atomic E-state index is 13.1. The van der Waals surface area contributed by atoms with E-state index in [2.05, 4.69) is 15.4 Å². The zero-order chi connectivity index (χ0) is 21.4. The number of benzene rings is 1. The van der Waals surface area contributed by atoms with Gasteiger partial charge in [0, 0.05) is 11.6 Å². The number of primary amides is 1. The Balaban J connectivity index is 1.84. The monoisotopic (exact) mass is 420 g/mol. The Morgan fingerprint density at radius 3 is 2.63 bits per heavy atom. The van der Waals surface area contributed by atoms with Gasteiger partial charge in [0.2, 0.25) is 0 Å². The molecule has 152 valence electrons. The first-order valence-corrected chi connectivity index (χ1v) is 10.2. The van der Waals surface area contributed by atoms with E-state index in [1.54, 1.807) is 16.9 Å². The van der Waals surface area contributed by atoms with Gasteiger partial charge in [0.25, 0.3) is 11.8 Å². The summed E-state index contributed by atoms with van der Waals surface area (Å²) < 4.78 is 1.79. The SMILES string of the molecule is Cc1ccccc1-c1cc(C(=O)Nc2ncc(C(N)=O)s2)c2cnn(C(C)C)c2n1. The van der Waals surface area contributed by atoms with Gasteiger partial charge in [-0.3, -0.25) is 14.9 Å². The number of nitrogens with two attached hydrogens (primary N) is 1. The number of rotatable bonds is 5. The number of fused-ring (bicyclic) bond motifs is 1. The van der Waals surface area contributed by atoms with Crippen LogP contribution in [0.1, 0.15) is 45.5 Å². The number of thiazole rings is 1. The highest BCUT2D eigenvalue weighted by atomic mass is 32.1. The molecule has 3 aromatic heterocycles. The molecule has 4 aromatic rings. The van der Waals surface area contributed by atoms with Gasteiger partial charge in [-0.15, -0.1) is 0 Å². The summed E-state index contributed by atoms with van der Waals surface area (Å²) >= 11 is 1.03. The van der Waals surface area contributed by atoms with Crippen molar-refractivity contribution in [3.05, 3.63) is 58.7 Å². The molecule has 0 radical (unpaired) electrons. The predicted octanol–water partition coefficient (Wildman–Crippen LogP) is 3.80. The molecule has 3 N–H and O–H groups in total. The number of hydrogen-bond acceptors (Lipinski definition) is 6. The molecule has 0 atom stereocenters. The van der Waals surface area contributed by atoms with Crippen LogP contribution in [0.5, 0.6) is 0 Å². The van der Waals surface area contributed by atoms with Crippen molar-refractivity contribution in [2.24, 2.45) is 5.73 Å². The van der Waals surface area contributed by atoms with Gasteiger partial charge in [-0.2, -0.15) is 5.10 Å². The van der Waals surface area contributed by atoms with Gasteiger partial charge in [0.05, 0.1) is 29.0 Å². The van der Waals surface area contributed by atoms with Crippen LogP contribution in [-0.4, -0.2) is 31.6 Å². The minimum absolute atomic E-state index is 0.0788. The molecule has 30 heavy (non-hydrogen) atoms. The number of nitrogens with one attached hydrogen (secondary N) is 1. The molecule has 2 amide bonds. The summed E-state index contributed by atoms with van der Waals surface area (Å²) in [5.74, 6) is -0.940. The maximum Gasteiger partial charge on any atom is 0.260 e. The van der Waals surface area contributed by atoms with Gasteiger partial charge in [-0.25, -0.2) is 14.6 Å². The summed E-state index contributed by atoms with van der Waals surface area (Å²) in [4.78, 5) is 33.6. The van der Waals surface area contributed by atoms with E-state index in [0.29, 0.717) is 27.4 Å². The van der Waals surface area contributed by atoms with E-state index in [9.17, 15) is 9.59 Å². The Morgan fingerprint density at radius 1 is 1.20 bits per heavy atom. The summed E-state index contributed by atoms with van der Waals surface area (Å²) in [7, 11) is 0. The Kier molecular flexibility index (Phi) is 5.04. The molecule has 0 bridgehead atoms. The van der Waals surface area contributed by atoms with Crippen molar-refractivity contribution in [3.8, 4) is 11.3 Å². The van der Waals surface area contributed by atoms with Crippen LogP contribution in [0.25, 0.3) is 22.3 Å². The minimum Gasteiger partial charge on any atom is -0.365 e. The van der Waals surface area contributed by atoms with Crippen LogP contribution in [0.15, 0.2) is 42.7 Å². The lowest BCUT2D eigenvalue weighted by Crippen LogP contribution is -2.13. The van der Waals surface area contributed by atoms with Crippen molar-refractivity contribution in [2.75, 3.05) is 5.32 Å². The average molecular weight is 420 g/mol. The van der Waals surface area contributed by atoms with Crippen LogP contribution < -0.4 is 11.1 Å². The van der Waals surface area contributed by atoms with Gasteiger partial charge in [0.1, 0.15) is 4.88 Å². The number of aryl methyl sites for hydroxylation is 1. The fourth-order valence-electron chi connectivity index (χ4n) is 3.19. The fourth-order valence-corrected chi connectivity index (χ4v) is 3.86. The number of carbonyl (C=O) groups is 2. The maximum absolute atomic E-state index is 13.1. The van der Waals surface area contributed by atoms with E-state index in [-0.39, 0.29) is 16.8 Å². The number of nitrogens with zero attached hydrogens (tertiary/aromatic N) is 4. The molecule has 3 heterocycles. The third-order valence-corrected chi connectivity index (χ3v) is 5.62. The summed E-state index contributed by atoms with van der Waals surface area (Å²) in [6, 6.07) is 9.71. The smallest absolute Gasteiger partial charge is 0.260 e. The molecule has 0 aliphatic carbocycles. The van der Waals surface area contributed by atoms with Crippen molar-refractivity contribution >= 4 is 39.3 Å². The molecule has 0 unspecified atom stereocenters. The second-order valence-electron chi connectivity index (χ2n) is 7.14. The van der Waals surface area contributed by atoms with E-state index in [4.69, 9.17) is 10.7 Å². The Hall–Kier alpha value is -3.59. The topological polar surface area (TPSA) is 116 Å². The number of hydrogen-bond donors (Lipinski definition) is 2. The van der Waals surface area contributed by atoms with E-state index in [1.165, 1.54) is 6.20 Å². The van der Waals surface area contributed by atoms with Crippen LogP contribution in [-0.2, 0) is 0 Å². The molecule has 8 nitrogen and oxygen atoms in total. The third kappa shape index (κ3) is 3.55. The highest BCUT2D eigenvalue weighted by Gasteiger charge is 2.20.